The minimum atomic E-state index is -0.544. The van der Waals surface area contributed by atoms with Gasteiger partial charge in [0.05, 0.1) is 23.9 Å². The molecule has 2 amide bonds. The second-order valence-electron chi connectivity index (χ2n) is 5.50. The first-order chi connectivity index (χ1) is 11.5. The molecule has 0 saturated carbocycles. The zero-order chi connectivity index (χ0) is 17.5. The van der Waals surface area contributed by atoms with Crippen LogP contribution >= 0.6 is 35.6 Å². The van der Waals surface area contributed by atoms with Gasteiger partial charge in [-0.2, -0.15) is 0 Å². The molecule has 1 fully saturated rings. The van der Waals surface area contributed by atoms with E-state index in [1.54, 1.807) is 18.2 Å². The Kier molecular flexibility index (Phi) is 9.53. The summed E-state index contributed by atoms with van der Waals surface area (Å²) in [6, 6.07) is 4.82. The predicted octanol–water partition coefficient (Wildman–Crippen LogP) is 2.58. The van der Waals surface area contributed by atoms with Crippen molar-refractivity contribution in [3.05, 3.63) is 28.2 Å². The molecule has 1 atom stereocenters. The van der Waals surface area contributed by atoms with E-state index in [0.717, 1.165) is 13.0 Å². The molecule has 6 nitrogen and oxygen atoms in total. The molecule has 1 saturated heterocycles. The van der Waals surface area contributed by atoms with Gasteiger partial charge < -0.3 is 20.3 Å². The molecular weight excluding hydrogens is 389 g/mol. The summed E-state index contributed by atoms with van der Waals surface area (Å²) in [5.41, 5.74) is 0.463. The van der Waals surface area contributed by atoms with Crippen LogP contribution in [0.5, 0.6) is 0 Å². The Morgan fingerprint density at radius 2 is 2.16 bits per heavy atom. The molecule has 1 aromatic rings. The van der Waals surface area contributed by atoms with Crippen molar-refractivity contribution in [2.24, 2.45) is 0 Å². The van der Waals surface area contributed by atoms with Crippen molar-refractivity contribution < 1.29 is 14.3 Å². The topological polar surface area (TPSA) is 70.7 Å². The number of amides is 2. The number of anilines is 1. The standard InChI is InChI=1S/C16H21Cl2N3O3.ClH/c1-2-6-21(16(23)14-9-19-5-7-24-14)10-15(22)20-13-4-3-11(17)8-12(13)18;/h3-4,8,14,19H,2,5-7,9-10H2,1H3,(H,20,22);1H. The van der Waals surface area contributed by atoms with Gasteiger partial charge in [-0.05, 0) is 24.6 Å². The Hall–Kier alpha value is -1.05. The van der Waals surface area contributed by atoms with E-state index in [1.807, 2.05) is 6.92 Å². The first-order valence-electron chi connectivity index (χ1n) is 7.87. The van der Waals surface area contributed by atoms with Gasteiger partial charge in [-0.1, -0.05) is 30.1 Å². The maximum atomic E-state index is 12.5. The molecule has 2 rings (SSSR count). The predicted molar refractivity (Wildman–Crippen MR) is 102 cm³/mol. The monoisotopic (exact) mass is 409 g/mol. The summed E-state index contributed by atoms with van der Waals surface area (Å²) in [7, 11) is 0. The van der Waals surface area contributed by atoms with E-state index in [9.17, 15) is 9.59 Å². The SMILES string of the molecule is CCCN(CC(=O)Nc1ccc(Cl)cc1Cl)C(=O)C1CNCCO1.Cl. The number of halogens is 3. The first-order valence-corrected chi connectivity index (χ1v) is 8.63. The number of carbonyl (C=O) groups excluding carboxylic acids is 2. The number of benzene rings is 1. The van der Waals surface area contributed by atoms with Crippen LogP contribution in [-0.4, -0.2) is 55.6 Å². The second-order valence-corrected chi connectivity index (χ2v) is 6.34. The van der Waals surface area contributed by atoms with Crippen LogP contribution in [-0.2, 0) is 14.3 Å². The van der Waals surface area contributed by atoms with E-state index in [0.29, 0.717) is 35.4 Å². The molecule has 1 aromatic carbocycles. The normalized spacial score (nSPS) is 16.7. The van der Waals surface area contributed by atoms with E-state index < -0.39 is 6.10 Å². The molecule has 25 heavy (non-hydrogen) atoms. The number of hydrogen-bond donors (Lipinski definition) is 2. The molecule has 1 aliphatic rings. The van der Waals surface area contributed by atoms with Crippen molar-refractivity contribution in [2.45, 2.75) is 19.4 Å². The van der Waals surface area contributed by atoms with Gasteiger partial charge in [0.1, 0.15) is 6.10 Å². The Balaban J connectivity index is 0.00000312. The highest BCUT2D eigenvalue weighted by atomic mass is 35.5. The zero-order valence-corrected chi connectivity index (χ0v) is 16.2. The number of rotatable bonds is 6. The van der Waals surface area contributed by atoms with E-state index >= 15 is 0 Å². The quantitative estimate of drug-likeness (QED) is 0.756. The van der Waals surface area contributed by atoms with Crippen LogP contribution in [0.2, 0.25) is 10.0 Å². The number of ether oxygens (including phenoxy) is 1. The van der Waals surface area contributed by atoms with Gasteiger partial charge in [0.2, 0.25) is 5.91 Å². The number of nitrogens with one attached hydrogen (secondary N) is 2. The van der Waals surface area contributed by atoms with Crippen molar-refractivity contribution in [2.75, 3.05) is 38.1 Å². The Bertz CT molecular complexity index is 595. The third-order valence-corrected chi connectivity index (χ3v) is 4.10. The van der Waals surface area contributed by atoms with E-state index in [-0.39, 0.29) is 30.8 Å². The van der Waals surface area contributed by atoms with Crippen LogP contribution in [0.15, 0.2) is 18.2 Å². The van der Waals surface area contributed by atoms with Gasteiger partial charge in [0, 0.05) is 24.7 Å². The van der Waals surface area contributed by atoms with Gasteiger partial charge in [-0.25, -0.2) is 0 Å². The van der Waals surface area contributed by atoms with Gasteiger partial charge in [-0.15, -0.1) is 12.4 Å². The van der Waals surface area contributed by atoms with Crippen molar-refractivity contribution in [3.8, 4) is 0 Å². The fourth-order valence-corrected chi connectivity index (χ4v) is 2.87. The maximum Gasteiger partial charge on any atom is 0.253 e. The third-order valence-electron chi connectivity index (χ3n) is 3.55. The fourth-order valence-electron chi connectivity index (χ4n) is 2.42. The molecule has 0 spiro atoms. The Labute approximate surface area is 163 Å². The molecule has 0 aliphatic carbocycles. The van der Waals surface area contributed by atoms with Crippen molar-refractivity contribution in [3.63, 3.8) is 0 Å². The molecule has 0 bridgehead atoms. The van der Waals surface area contributed by atoms with Crippen LogP contribution in [0.4, 0.5) is 5.69 Å². The van der Waals surface area contributed by atoms with Gasteiger partial charge in [-0.3, -0.25) is 9.59 Å². The summed E-state index contributed by atoms with van der Waals surface area (Å²) in [6.45, 7) is 4.07. The van der Waals surface area contributed by atoms with Crippen molar-refractivity contribution in [1.82, 2.24) is 10.2 Å². The number of morpholine rings is 1. The molecule has 0 aromatic heterocycles. The fraction of sp³-hybridized carbons (Fsp3) is 0.500. The molecule has 0 radical (unpaired) electrons. The van der Waals surface area contributed by atoms with E-state index in [4.69, 9.17) is 27.9 Å². The van der Waals surface area contributed by atoms with Gasteiger partial charge >= 0.3 is 0 Å². The van der Waals surface area contributed by atoms with E-state index in [1.165, 1.54) is 4.90 Å². The highest BCUT2D eigenvalue weighted by Crippen LogP contribution is 2.25. The number of carbonyl (C=O) groups is 2. The molecule has 9 heteroatoms. The second kappa shape index (κ2) is 10.8. The summed E-state index contributed by atoms with van der Waals surface area (Å²) < 4.78 is 5.48. The molecule has 1 aliphatic heterocycles. The number of hydrogen-bond acceptors (Lipinski definition) is 4. The highest BCUT2D eigenvalue weighted by molar-refractivity contribution is 6.36. The highest BCUT2D eigenvalue weighted by Gasteiger charge is 2.27. The Morgan fingerprint density at radius 3 is 2.76 bits per heavy atom. The van der Waals surface area contributed by atoms with Gasteiger partial charge in [0.15, 0.2) is 0 Å². The van der Waals surface area contributed by atoms with Crippen LogP contribution in [0.3, 0.4) is 0 Å². The lowest BCUT2D eigenvalue weighted by Crippen LogP contribution is -2.51. The maximum absolute atomic E-state index is 12.5. The van der Waals surface area contributed by atoms with Gasteiger partial charge in [0.25, 0.3) is 5.91 Å². The van der Waals surface area contributed by atoms with E-state index in [2.05, 4.69) is 10.6 Å². The van der Waals surface area contributed by atoms with Crippen LogP contribution in [0.25, 0.3) is 0 Å². The molecular formula is C16H22Cl3N3O3. The van der Waals surface area contributed by atoms with Crippen LogP contribution < -0.4 is 10.6 Å². The van der Waals surface area contributed by atoms with Crippen molar-refractivity contribution >= 4 is 53.1 Å². The lowest BCUT2D eigenvalue weighted by molar-refractivity contribution is -0.147. The summed E-state index contributed by atoms with van der Waals surface area (Å²) in [6.07, 6.45) is 0.207. The smallest absolute Gasteiger partial charge is 0.253 e. The lowest BCUT2D eigenvalue weighted by atomic mass is 10.2. The largest absolute Gasteiger partial charge is 0.366 e. The Morgan fingerprint density at radius 1 is 1.40 bits per heavy atom. The summed E-state index contributed by atoms with van der Waals surface area (Å²) in [5, 5.41) is 6.66. The summed E-state index contributed by atoms with van der Waals surface area (Å²) in [5.74, 6) is -0.494. The molecule has 1 heterocycles. The average Bonchev–Trinajstić information content (AvgIpc) is 2.57. The lowest BCUT2D eigenvalue weighted by Gasteiger charge is -2.29. The number of nitrogens with zero attached hydrogens (tertiary/aromatic N) is 1. The molecule has 2 N–H and O–H groups in total. The molecule has 140 valence electrons. The average molecular weight is 411 g/mol. The zero-order valence-electron chi connectivity index (χ0n) is 13.9. The molecule has 1 unspecified atom stereocenters. The first kappa shape index (κ1) is 22.0. The minimum absolute atomic E-state index is 0. The minimum Gasteiger partial charge on any atom is -0.366 e. The van der Waals surface area contributed by atoms with Crippen LogP contribution in [0.1, 0.15) is 13.3 Å². The van der Waals surface area contributed by atoms with Crippen molar-refractivity contribution in [1.29, 1.82) is 0 Å². The third kappa shape index (κ3) is 6.64. The summed E-state index contributed by atoms with van der Waals surface area (Å²) in [4.78, 5) is 26.3. The summed E-state index contributed by atoms with van der Waals surface area (Å²) >= 11 is 11.9. The van der Waals surface area contributed by atoms with Crippen LogP contribution in [0, 0.1) is 0 Å².